The maximum absolute atomic E-state index is 12.5. The van der Waals surface area contributed by atoms with Gasteiger partial charge in [0.1, 0.15) is 4.21 Å². The Labute approximate surface area is 147 Å². The summed E-state index contributed by atoms with van der Waals surface area (Å²) in [6.45, 7) is 4.93. The zero-order valence-corrected chi connectivity index (χ0v) is 15.8. The standard InChI is InChI=1S/C15H23ClN2O3S2/c1-3-11(2)17-14(19)10-12-6-8-18(9-7-12)23(20,21)15-5-4-13(16)22-15/h4-5,11-12H,3,6-10H2,1-2H3,(H,17,19). The molecule has 0 bridgehead atoms. The molecular weight excluding hydrogens is 356 g/mol. The van der Waals surface area contributed by atoms with Crippen LogP contribution in [0.3, 0.4) is 0 Å². The molecule has 2 rings (SSSR count). The van der Waals surface area contributed by atoms with Gasteiger partial charge in [-0.3, -0.25) is 4.79 Å². The van der Waals surface area contributed by atoms with Crippen molar-refractivity contribution in [3.05, 3.63) is 16.5 Å². The van der Waals surface area contributed by atoms with E-state index in [0.29, 0.717) is 36.7 Å². The van der Waals surface area contributed by atoms with Crippen molar-refractivity contribution < 1.29 is 13.2 Å². The molecule has 1 aromatic heterocycles. The predicted molar refractivity (Wildman–Crippen MR) is 93.3 cm³/mol. The SMILES string of the molecule is CCC(C)NC(=O)CC1CCN(S(=O)(=O)c2ccc(Cl)s2)CC1. The van der Waals surface area contributed by atoms with Crippen LogP contribution in [-0.4, -0.2) is 37.8 Å². The first-order valence-corrected chi connectivity index (χ1v) is 10.5. The molecule has 1 aliphatic rings. The smallest absolute Gasteiger partial charge is 0.252 e. The van der Waals surface area contributed by atoms with Gasteiger partial charge in [-0.25, -0.2) is 8.42 Å². The van der Waals surface area contributed by atoms with Crippen LogP contribution in [0.5, 0.6) is 0 Å². The first kappa shape index (κ1) is 18.7. The molecule has 1 fully saturated rings. The van der Waals surface area contributed by atoms with Gasteiger partial charge in [0.05, 0.1) is 4.34 Å². The highest BCUT2D eigenvalue weighted by molar-refractivity contribution is 7.91. The Hall–Kier alpha value is -0.630. The molecule has 0 spiro atoms. The molecule has 8 heteroatoms. The van der Waals surface area contributed by atoms with Crippen LogP contribution >= 0.6 is 22.9 Å². The number of piperidine rings is 1. The molecule has 2 heterocycles. The first-order chi connectivity index (χ1) is 10.8. The lowest BCUT2D eigenvalue weighted by Gasteiger charge is -2.30. The topological polar surface area (TPSA) is 66.5 Å². The van der Waals surface area contributed by atoms with Crippen LogP contribution < -0.4 is 5.32 Å². The van der Waals surface area contributed by atoms with Crippen LogP contribution in [-0.2, 0) is 14.8 Å². The number of carbonyl (C=O) groups excluding carboxylic acids is 1. The van der Waals surface area contributed by atoms with Gasteiger partial charge in [-0.1, -0.05) is 18.5 Å². The molecule has 1 atom stereocenters. The number of carbonyl (C=O) groups is 1. The fraction of sp³-hybridized carbons (Fsp3) is 0.667. The number of amides is 1. The first-order valence-electron chi connectivity index (χ1n) is 7.87. The summed E-state index contributed by atoms with van der Waals surface area (Å²) in [4.78, 5) is 11.9. The van der Waals surface area contributed by atoms with E-state index in [4.69, 9.17) is 11.6 Å². The quantitative estimate of drug-likeness (QED) is 0.827. The highest BCUT2D eigenvalue weighted by Gasteiger charge is 2.31. The summed E-state index contributed by atoms with van der Waals surface area (Å²) in [5.41, 5.74) is 0. The Morgan fingerprint density at radius 3 is 2.61 bits per heavy atom. The van der Waals surface area contributed by atoms with E-state index in [1.165, 1.54) is 4.31 Å². The van der Waals surface area contributed by atoms with E-state index in [9.17, 15) is 13.2 Å². The molecule has 23 heavy (non-hydrogen) atoms. The van der Waals surface area contributed by atoms with E-state index in [-0.39, 0.29) is 22.1 Å². The summed E-state index contributed by atoms with van der Waals surface area (Å²) >= 11 is 6.91. The van der Waals surface area contributed by atoms with Gasteiger partial charge in [0, 0.05) is 25.6 Å². The van der Waals surface area contributed by atoms with Gasteiger partial charge in [-0.2, -0.15) is 4.31 Å². The van der Waals surface area contributed by atoms with Gasteiger partial charge < -0.3 is 5.32 Å². The van der Waals surface area contributed by atoms with Crippen LogP contribution in [0.2, 0.25) is 4.34 Å². The van der Waals surface area contributed by atoms with Gasteiger partial charge in [0.2, 0.25) is 5.91 Å². The number of hydrogen-bond donors (Lipinski definition) is 1. The second kappa shape index (κ2) is 7.96. The van der Waals surface area contributed by atoms with Gasteiger partial charge >= 0.3 is 0 Å². The third kappa shape index (κ3) is 4.92. The molecule has 1 aliphatic heterocycles. The summed E-state index contributed by atoms with van der Waals surface area (Å²) in [5, 5.41) is 2.96. The Bertz CT molecular complexity index is 637. The van der Waals surface area contributed by atoms with Crippen LogP contribution in [0.25, 0.3) is 0 Å². The highest BCUT2D eigenvalue weighted by Crippen LogP contribution is 2.31. The van der Waals surface area contributed by atoms with Crippen molar-refractivity contribution in [1.29, 1.82) is 0 Å². The Morgan fingerprint density at radius 2 is 2.09 bits per heavy atom. The van der Waals surface area contributed by atoms with Crippen molar-refractivity contribution in [2.75, 3.05) is 13.1 Å². The number of thiophene rings is 1. The molecule has 0 radical (unpaired) electrons. The Balaban J connectivity index is 1.87. The third-order valence-corrected chi connectivity index (χ3v) is 7.81. The van der Waals surface area contributed by atoms with Gasteiger partial charge in [-0.15, -0.1) is 11.3 Å². The predicted octanol–water partition coefficient (Wildman–Crippen LogP) is 3.11. The summed E-state index contributed by atoms with van der Waals surface area (Å²) in [7, 11) is -3.45. The van der Waals surface area contributed by atoms with Crippen molar-refractivity contribution in [3.8, 4) is 0 Å². The Morgan fingerprint density at radius 1 is 1.43 bits per heavy atom. The van der Waals surface area contributed by atoms with Crippen LogP contribution in [0.1, 0.15) is 39.5 Å². The molecule has 0 saturated carbocycles. The second-order valence-electron chi connectivity index (χ2n) is 5.99. The zero-order valence-electron chi connectivity index (χ0n) is 13.4. The van der Waals surface area contributed by atoms with Gasteiger partial charge in [-0.05, 0) is 44.2 Å². The molecule has 1 saturated heterocycles. The normalized spacial score (nSPS) is 18.7. The third-order valence-electron chi connectivity index (χ3n) is 4.21. The van der Waals surface area contributed by atoms with E-state index in [0.717, 1.165) is 17.8 Å². The average Bonchev–Trinajstić information content (AvgIpc) is 2.95. The number of hydrogen-bond acceptors (Lipinski definition) is 4. The van der Waals surface area contributed by atoms with E-state index < -0.39 is 10.0 Å². The lowest BCUT2D eigenvalue weighted by molar-refractivity contribution is -0.122. The lowest BCUT2D eigenvalue weighted by atomic mass is 9.94. The molecular formula is C15H23ClN2O3S2. The van der Waals surface area contributed by atoms with Gasteiger partial charge in [0.15, 0.2) is 0 Å². The number of halogens is 1. The molecule has 1 aromatic rings. The minimum atomic E-state index is -3.45. The fourth-order valence-corrected chi connectivity index (χ4v) is 5.72. The van der Waals surface area contributed by atoms with Gasteiger partial charge in [0.25, 0.3) is 10.0 Å². The molecule has 0 aliphatic carbocycles. The molecule has 5 nitrogen and oxygen atoms in total. The molecule has 1 N–H and O–H groups in total. The van der Waals surface area contributed by atoms with E-state index in [2.05, 4.69) is 5.32 Å². The maximum atomic E-state index is 12.5. The van der Waals surface area contributed by atoms with Crippen molar-refractivity contribution in [2.24, 2.45) is 5.92 Å². The summed E-state index contributed by atoms with van der Waals surface area (Å²) in [6.07, 6.45) is 2.81. The van der Waals surface area contributed by atoms with Crippen molar-refractivity contribution >= 4 is 38.9 Å². The van der Waals surface area contributed by atoms with Crippen molar-refractivity contribution in [1.82, 2.24) is 9.62 Å². The summed E-state index contributed by atoms with van der Waals surface area (Å²) < 4.78 is 27.3. The van der Waals surface area contributed by atoms with Crippen LogP contribution in [0.4, 0.5) is 0 Å². The maximum Gasteiger partial charge on any atom is 0.252 e. The van der Waals surface area contributed by atoms with Crippen LogP contribution in [0, 0.1) is 5.92 Å². The number of rotatable bonds is 6. The highest BCUT2D eigenvalue weighted by atomic mass is 35.5. The lowest BCUT2D eigenvalue weighted by Crippen LogP contribution is -2.40. The van der Waals surface area contributed by atoms with E-state index >= 15 is 0 Å². The van der Waals surface area contributed by atoms with Crippen molar-refractivity contribution in [3.63, 3.8) is 0 Å². The van der Waals surface area contributed by atoms with Crippen LogP contribution in [0.15, 0.2) is 16.3 Å². The number of sulfonamides is 1. The molecule has 1 unspecified atom stereocenters. The van der Waals surface area contributed by atoms with E-state index in [1.54, 1.807) is 12.1 Å². The number of nitrogens with zero attached hydrogens (tertiary/aromatic N) is 1. The molecule has 130 valence electrons. The Kier molecular flexibility index (Phi) is 6.48. The molecule has 1 amide bonds. The number of nitrogens with one attached hydrogen (secondary N) is 1. The second-order valence-corrected chi connectivity index (χ2v) is 9.87. The summed E-state index contributed by atoms with van der Waals surface area (Å²) in [5.74, 6) is 0.308. The van der Waals surface area contributed by atoms with E-state index in [1.807, 2.05) is 13.8 Å². The zero-order chi connectivity index (χ0) is 17.0. The monoisotopic (exact) mass is 378 g/mol. The minimum Gasteiger partial charge on any atom is -0.354 e. The average molecular weight is 379 g/mol. The van der Waals surface area contributed by atoms with Crippen molar-refractivity contribution in [2.45, 2.75) is 49.8 Å². The minimum absolute atomic E-state index is 0.0608. The fourth-order valence-electron chi connectivity index (χ4n) is 2.62. The largest absolute Gasteiger partial charge is 0.354 e. The summed E-state index contributed by atoms with van der Waals surface area (Å²) in [6, 6.07) is 3.34. The molecule has 0 aromatic carbocycles.